The maximum absolute atomic E-state index is 8.89. The fraction of sp³-hybridized carbons (Fsp3) is 0.100. The van der Waals surface area contributed by atoms with E-state index in [0.29, 0.717) is 46.3 Å². The number of nitriles is 1. The van der Waals surface area contributed by atoms with Crippen LogP contribution in [0.15, 0.2) is 49.3 Å². The van der Waals surface area contributed by atoms with Gasteiger partial charge in [0.2, 0.25) is 11.9 Å². The lowest BCUT2D eigenvalue weighted by molar-refractivity contribution is 0.978. The van der Waals surface area contributed by atoms with Gasteiger partial charge in [0, 0.05) is 36.1 Å². The number of nitrogen functional groups attached to an aromatic ring is 1. The van der Waals surface area contributed by atoms with Crippen LogP contribution in [0.1, 0.15) is 5.56 Å². The normalized spacial score (nSPS) is 10.5. The van der Waals surface area contributed by atoms with Crippen molar-refractivity contribution in [2.75, 3.05) is 29.5 Å². The van der Waals surface area contributed by atoms with Gasteiger partial charge in [0.25, 0.3) is 0 Å². The van der Waals surface area contributed by atoms with Crippen molar-refractivity contribution >= 4 is 40.9 Å². The Bertz CT molecular complexity index is 1280. The molecule has 0 aliphatic rings. The topological polar surface area (TPSA) is 143 Å². The maximum Gasteiger partial charge on any atom is 0.224 e. The summed E-state index contributed by atoms with van der Waals surface area (Å²) in [5, 5.41) is 16.1. The minimum atomic E-state index is 0.126. The Labute approximate surface area is 193 Å². The minimum Gasteiger partial charge on any atom is -0.382 e. The first-order valence-corrected chi connectivity index (χ1v) is 10.1. The fourth-order valence-corrected chi connectivity index (χ4v) is 3.34. The highest BCUT2D eigenvalue weighted by Gasteiger charge is 2.14. The molecular weight excluding hydrogens is 451 g/mol. The molecule has 160 valence electrons. The van der Waals surface area contributed by atoms with E-state index in [4.69, 9.17) is 34.2 Å². The molecule has 0 amide bonds. The molecule has 3 heterocycles. The number of halogens is 2. The van der Waals surface area contributed by atoms with Crippen molar-refractivity contribution in [3.8, 4) is 23.0 Å². The van der Waals surface area contributed by atoms with E-state index in [9.17, 15) is 0 Å². The number of hydrogen-bond acceptors (Lipinski definition) is 9. The van der Waals surface area contributed by atoms with Gasteiger partial charge in [0.05, 0.1) is 29.4 Å². The Hall–Kier alpha value is -3.94. The molecule has 0 aliphatic heterocycles. The number of anilines is 3. The Balaban J connectivity index is 1.51. The molecular formula is C20H16Cl2N10. The van der Waals surface area contributed by atoms with Crippen molar-refractivity contribution < 1.29 is 0 Å². The molecule has 0 radical (unpaired) electrons. The van der Waals surface area contributed by atoms with Gasteiger partial charge in [-0.25, -0.2) is 19.9 Å². The van der Waals surface area contributed by atoms with E-state index in [0.717, 1.165) is 5.69 Å². The van der Waals surface area contributed by atoms with Gasteiger partial charge in [-0.3, -0.25) is 0 Å². The van der Waals surface area contributed by atoms with Gasteiger partial charge in [-0.05, 0) is 18.2 Å². The highest BCUT2D eigenvalue weighted by molar-refractivity contribution is 6.36. The molecule has 4 rings (SSSR count). The van der Waals surface area contributed by atoms with E-state index < -0.39 is 0 Å². The Morgan fingerprint density at radius 1 is 1.06 bits per heavy atom. The van der Waals surface area contributed by atoms with Crippen LogP contribution in [0.5, 0.6) is 0 Å². The first-order chi connectivity index (χ1) is 15.5. The number of nitrogens with zero attached hydrogens (tertiary/aromatic N) is 7. The van der Waals surface area contributed by atoms with Crippen molar-refractivity contribution in [1.29, 1.82) is 5.26 Å². The zero-order chi connectivity index (χ0) is 22.5. The molecule has 0 saturated carbocycles. The third kappa shape index (κ3) is 4.69. The zero-order valence-corrected chi connectivity index (χ0v) is 18.0. The smallest absolute Gasteiger partial charge is 0.224 e. The molecule has 10 nitrogen and oxygen atoms in total. The summed E-state index contributed by atoms with van der Waals surface area (Å²) >= 11 is 12.5. The summed E-state index contributed by atoms with van der Waals surface area (Å²) in [6, 6.07) is 7.15. The Morgan fingerprint density at radius 3 is 2.47 bits per heavy atom. The van der Waals surface area contributed by atoms with Crippen LogP contribution in [0.4, 0.5) is 17.7 Å². The summed E-state index contributed by atoms with van der Waals surface area (Å²) in [5.74, 6) is 0.867. The van der Waals surface area contributed by atoms with Crippen LogP contribution in [-0.2, 0) is 0 Å². The SMILES string of the molecule is N#Cc1cnc(NCCNc2ncc(-n3ccnc3)c(-c3ccc(Cl)cc3Cl)n2)nc1N. The Morgan fingerprint density at radius 2 is 1.81 bits per heavy atom. The lowest BCUT2D eigenvalue weighted by atomic mass is 10.1. The largest absolute Gasteiger partial charge is 0.382 e. The molecule has 12 heteroatoms. The zero-order valence-electron chi connectivity index (χ0n) is 16.5. The third-order valence-electron chi connectivity index (χ3n) is 4.37. The summed E-state index contributed by atoms with van der Waals surface area (Å²) in [7, 11) is 0. The summed E-state index contributed by atoms with van der Waals surface area (Å²) in [4.78, 5) is 21.2. The van der Waals surface area contributed by atoms with E-state index in [1.807, 2.05) is 12.1 Å². The molecule has 32 heavy (non-hydrogen) atoms. The van der Waals surface area contributed by atoms with Crippen molar-refractivity contribution in [2.45, 2.75) is 0 Å². The minimum absolute atomic E-state index is 0.126. The molecule has 4 N–H and O–H groups in total. The fourth-order valence-electron chi connectivity index (χ4n) is 2.85. The van der Waals surface area contributed by atoms with Crippen molar-refractivity contribution in [3.05, 3.63) is 64.9 Å². The highest BCUT2D eigenvalue weighted by Crippen LogP contribution is 2.33. The maximum atomic E-state index is 8.89. The van der Waals surface area contributed by atoms with E-state index in [2.05, 4.69) is 35.6 Å². The predicted molar refractivity (Wildman–Crippen MR) is 123 cm³/mol. The lowest BCUT2D eigenvalue weighted by Gasteiger charge is -2.13. The quantitative estimate of drug-likeness (QED) is 0.348. The van der Waals surface area contributed by atoms with Gasteiger partial charge < -0.3 is 20.9 Å². The third-order valence-corrected chi connectivity index (χ3v) is 4.92. The molecule has 0 atom stereocenters. The van der Waals surface area contributed by atoms with Crippen LogP contribution >= 0.6 is 23.2 Å². The number of rotatable bonds is 7. The van der Waals surface area contributed by atoms with Crippen molar-refractivity contribution in [2.24, 2.45) is 0 Å². The van der Waals surface area contributed by atoms with Gasteiger partial charge in [-0.1, -0.05) is 23.2 Å². The van der Waals surface area contributed by atoms with Crippen LogP contribution in [-0.4, -0.2) is 42.6 Å². The van der Waals surface area contributed by atoms with Gasteiger partial charge in [-0.15, -0.1) is 0 Å². The number of hydrogen-bond donors (Lipinski definition) is 3. The first-order valence-electron chi connectivity index (χ1n) is 9.36. The predicted octanol–water partition coefficient (Wildman–Crippen LogP) is 3.40. The highest BCUT2D eigenvalue weighted by atomic mass is 35.5. The van der Waals surface area contributed by atoms with Crippen molar-refractivity contribution in [1.82, 2.24) is 29.5 Å². The molecule has 0 bridgehead atoms. The van der Waals surface area contributed by atoms with Crippen LogP contribution in [0.3, 0.4) is 0 Å². The van der Waals surface area contributed by atoms with Gasteiger partial charge >= 0.3 is 0 Å². The number of benzene rings is 1. The van der Waals surface area contributed by atoms with E-state index >= 15 is 0 Å². The monoisotopic (exact) mass is 466 g/mol. The van der Waals surface area contributed by atoms with Crippen LogP contribution < -0.4 is 16.4 Å². The van der Waals surface area contributed by atoms with Crippen LogP contribution in [0.25, 0.3) is 16.9 Å². The summed E-state index contributed by atoms with van der Waals surface area (Å²) < 4.78 is 1.80. The summed E-state index contributed by atoms with van der Waals surface area (Å²) in [6.07, 6.45) is 8.19. The van der Waals surface area contributed by atoms with E-state index in [1.54, 1.807) is 41.6 Å². The molecule has 3 aromatic heterocycles. The number of aromatic nitrogens is 6. The summed E-state index contributed by atoms with van der Waals surface area (Å²) in [6.45, 7) is 0.941. The molecule has 0 spiro atoms. The average Bonchev–Trinajstić information content (AvgIpc) is 3.31. The number of nitrogens with two attached hydrogens (primary N) is 1. The molecule has 0 saturated heterocycles. The molecule has 1 aromatic carbocycles. The molecule has 0 fully saturated rings. The average molecular weight is 467 g/mol. The number of imidazole rings is 1. The summed E-state index contributed by atoms with van der Waals surface area (Å²) in [5.41, 5.74) is 7.99. The number of nitrogens with one attached hydrogen (secondary N) is 2. The second-order valence-corrected chi connectivity index (χ2v) is 7.32. The van der Waals surface area contributed by atoms with Crippen LogP contribution in [0.2, 0.25) is 10.0 Å². The Kier molecular flexibility index (Phi) is 6.30. The van der Waals surface area contributed by atoms with Gasteiger partial charge in [-0.2, -0.15) is 10.2 Å². The van der Waals surface area contributed by atoms with Gasteiger partial charge in [0.1, 0.15) is 23.1 Å². The second-order valence-electron chi connectivity index (χ2n) is 6.48. The standard InChI is InChI=1S/C20H16Cl2N10/c21-13-1-2-14(15(22)7-13)17-16(32-6-5-25-11-32)10-29-19(30-17)26-3-4-27-20-28-9-12(8-23)18(24)31-20/h1-2,5-7,9-11H,3-4H2,(H,26,29,30)(H3,24,27,28,31). The van der Waals surface area contributed by atoms with E-state index in [-0.39, 0.29) is 11.4 Å². The molecule has 4 aromatic rings. The van der Waals surface area contributed by atoms with Crippen molar-refractivity contribution in [3.63, 3.8) is 0 Å². The van der Waals surface area contributed by atoms with E-state index in [1.165, 1.54) is 6.20 Å². The van der Waals surface area contributed by atoms with Crippen LogP contribution in [0, 0.1) is 11.3 Å². The molecule has 0 unspecified atom stereocenters. The lowest BCUT2D eigenvalue weighted by Crippen LogP contribution is -2.17. The second kappa shape index (κ2) is 9.47. The first kappa shape index (κ1) is 21.3. The van der Waals surface area contributed by atoms with Gasteiger partial charge in [0.15, 0.2) is 0 Å². The molecule has 0 aliphatic carbocycles.